The van der Waals surface area contributed by atoms with Crippen LogP contribution in [0.15, 0.2) is 17.5 Å². The molecule has 0 amide bonds. The molecule has 0 saturated carbocycles. The summed E-state index contributed by atoms with van der Waals surface area (Å²) in [6.07, 6.45) is 0.967. The van der Waals surface area contributed by atoms with Crippen molar-refractivity contribution in [3.63, 3.8) is 0 Å². The van der Waals surface area contributed by atoms with Gasteiger partial charge in [-0.1, -0.05) is 6.92 Å². The van der Waals surface area contributed by atoms with Gasteiger partial charge in [-0.2, -0.15) is 0 Å². The number of nitrogens with two attached hydrogens (primary N) is 1. The third-order valence-electron chi connectivity index (χ3n) is 2.39. The fourth-order valence-corrected chi connectivity index (χ4v) is 2.45. The molecule has 0 saturated heterocycles. The van der Waals surface area contributed by atoms with E-state index < -0.39 is 0 Å². The minimum Gasteiger partial charge on any atom is -0.496 e. The van der Waals surface area contributed by atoms with Crippen molar-refractivity contribution >= 4 is 27.1 Å². The minimum atomic E-state index is 0.863. The van der Waals surface area contributed by atoms with Crippen LogP contribution in [0.4, 0.5) is 5.69 Å². The molecule has 0 radical (unpaired) electrons. The Kier molecular flexibility index (Phi) is 2.33. The lowest BCUT2D eigenvalue weighted by Crippen LogP contribution is -1.90. The summed E-state index contributed by atoms with van der Waals surface area (Å²) in [6.45, 7) is 2.12. The molecule has 0 aliphatic carbocycles. The third-order valence-corrected chi connectivity index (χ3v) is 3.35. The molecule has 0 unspecified atom stereocenters. The van der Waals surface area contributed by atoms with Gasteiger partial charge in [0.25, 0.3) is 0 Å². The number of fused-ring (bicyclic) bond motifs is 1. The van der Waals surface area contributed by atoms with E-state index in [2.05, 4.69) is 19.1 Å². The van der Waals surface area contributed by atoms with Gasteiger partial charge in [0, 0.05) is 15.5 Å². The van der Waals surface area contributed by atoms with Crippen LogP contribution in [-0.4, -0.2) is 7.11 Å². The Morgan fingerprint density at radius 2 is 2.21 bits per heavy atom. The van der Waals surface area contributed by atoms with E-state index in [-0.39, 0.29) is 0 Å². The van der Waals surface area contributed by atoms with Crippen molar-refractivity contribution in [2.24, 2.45) is 0 Å². The highest BCUT2D eigenvalue weighted by atomic mass is 32.1. The summed E-state index contributed by atoms with van der Waals surface area (Å²) in [5.74, 6) is 0.960. The quantitative estimate of drug-likeness (QED) is 0.821. The Hall–Kier alpha value is -1.22. The molecule has 2 nitrogen and oxygen atoms in total. The number of rotatable bonds is 2. The zero-order chi connectivity index (χ0) is 10.1. The molecule has 1 aromatic heterocycles. The molecule has 0 spiro atoms. The Morgan fingerprint density at radius 1 is 1.43 bits per heavy atom. The lowest BCUT2D eigenvalue weighted by atomic mass is 10.1. The summed E-state index contributed by atoms with van der Waals surface area (Å²) in [5.41, 5.74) is 7.94. The first-order valence-corrected chi connectivity index (χ1v) is 5.47. The van der Waals surface area contributed by atoms with Gasteiger partial charge < -0.3 is 10.5 Å². The number of aryl methyl sites for hydroxylation is 1. The molecular weight excluding hydrogens is 194 g/mol. The van der Waals surface area contributed by atoms with Gasteiger partial charge in [0.05, 0.1) is 12.8 Å². The number of hydrogen-bond acceptors (Lipinski definition) is 3. The van der Waals surface area contributed by atoms with Crippen LogP contribution in [0.25, 0.3) is 10.1 Å². The number of anilines is 1. The summed E-state index contributed by atoms with van der Waals surface area (Å²) in [4.78, 5) is 0. The van der Waals surface area contributed by atoms with Crippen LogP contribution in [0.3, 0.4) is 0 Å². The smallest absolute Gasteiger partial charge is 0.123 e. The van der Waals surface area contributed by atoms with Gasteiger partial charge in [-0.25, -0.2) is 0 Å². The lowest BCUT2D eigenvalue weighted by molar-refractivity contribution is 0.411. The summed E-state index contributed by atoms with van der Waals surface area (Å²) >= 11 is 1.66. The molecule has 0 fully saturated rings. The predicted molar refractivity (Wildman–Crippen MR) is 62.2 cm³/mol. The van der Waals surface area contributed by atoms with E-state index in [4.69, 9.17) is 10.5 Å². The maximum Gasteiger partial charge on any atom is 0.123 e. The molecule has 2 N–H and O–H groups in total. The average molecular weight is 207 g/mol. The van der Waals surface area contributed by atoms with Crippen molar-refractivity contribution in [3.8, 4) is 5.75 Å². The number of nitrogen functional groups attached to an aromatic ring is 1. The monoisotopic (exact) mass is 207 g/mol. The number of benzene rings is 1. The Balaban J connectivity index is 2.71. The van der Waals surface area contributed by atoms with Gasteiger partial charge in [0.2, 0.25) is 0 Å². The van der Waals surface area contributed by atoms with Crippen molar-refractivity contribution in [1.82, 2.24) is 0 Å². The van der Waals surface area contributed by atoms with E-state index in [9.17, 15) is 0 Å². The second-order valence-corrected chi connectivity index (χ2v) is 4.12. The summed E-state index contributed by atoms with van der Waals surface area (Å²) in [5, 5.41) is 3.12. The molecule has 14 heavy (non-hydrogen) atoms. The van der Waals surface area contributed by atoms with Crippen LogP contribution in [0.1, 0.15) is 12.5 Å². The van der Waals surface area contributed by atoms with Gasteiger partial charge in [-0.05, 0) is 24.1 Å². The van der Waals surface area contributed by atoms with Crippen molar-refractivity contribution in [2.45, 2.75) is 13.3 Å². The molecule has 0 aliphatic rings. The Labute approximate surface area is 87.3 Å². The lowest BCUT2D eigenvalue weighted by Gasteiger charge is -2.06. The van der Waals surface area contributed by atoms with Crippen LogP contribution in [0, 0.1) is 0 Å². The second kappa shape index (κ2) is 3.50. The average Bonchev–Trinajstić information content (AvgIpc) is 2.58. The molecular formula is C11H13NOS. The molecule has 0 aliphatic heterocycles. The maximum atomic E-state index is 5.86. The van der Waals surface area contributed by atoms with Crippen molar-refractivity contribution in [1.29, 1.82) is 0 Å². The Bertz CT molecular complexity index is 462. The van der Waals surface area contributed by atoms with Gasteiger partial charge in [-0.3, -0.25) is 0 Å². The van der Waals surface area contributed by atoms with Crippen molar-refractivity contribution in [2.75, 3.05) is 12.8 Å². The molecule has 0 bridgehead atoms. The minimum absolute atomic E-state index is 0.863. The van der Waals surface area contributed by atoms with E-state index >= 15 is 0 Å². The fourth-order valence-electron chi connectivity index (χ4n) is 1.59. The molecule has 74 valence electrons. The van der Waals surface area contributed by atoms with Gasteiger partial charge in [-0.15, -0.1) is 11.3 Å². The number of methoxy groups -OCH3 is 1. The van der Waals surface area contributed by atoms with Gasteiger partial charge in [0.15, 0.2) is 0 Å². The van der Waals surface area contributed by atoms with Gasteiger partial charge >= 0.3 is 0 Å². The highest BCUT2D eigenvalue weighted by molar-refractivity contribution is 7.17. The molecule has 2 rings (SSSR count). The highest BCUT2D eigenvalue weighted by Crippen LogP contribution is 2.33. The van der Waals surface area contributed by atoms with E-state index in [1.165, 1.54) is 10.3 Å². The number of thiophene rings is 1. The summed E-state index contributed by atoms with van der Waals surface area (Å²) in [7, 11) is 1.71. The fraction of sp³-hybridized carbons (Fsp3) is 0.273. The van der Waals surface area contributed by atoms with Crippen LogP contribution in [0.2, 0.25) is 0 Å². The van der Waals surface area contributed by atoms with Gasteiger partial charge in [0.1, 0.15) is 5.75 Å². The first-order chi connectivity index (χ1) is 6.76. The zero-order valence-corrected chi connectivity index (χ0v) is 9.15. The molecule has 1 heterocycles. The summed E-state index contributed by atoms with van der Waals surface area (Å²) < 4.78 is 6.51. The second-order valence-electron chi connectivity index (χ2n) is 3.20. The van der Waals surface area contributed by atoms with E-state index in [0.717, 1.165) is 23.2 Å². The SMILES string of the molecule is CCc1cc2c(N)csc2cc1OC. The van der Waals surface area contributed by atoms with Crippen molar-refractivity contribution in [3.05, 3.63) is 23.1 Å². The normalized spacial score (nSPS) is 10.7. The van der Waals surface area contributed by atoms with Crippen molar-refractivity contribution < 1.29 is 4.74 Å². The standard InChI is InChI=1S/C11H13NOS/c1-3-7-4-8-9(12)6-14-11(8)5-10(7)13-2/h4-6H,3,12H2,1-2H3. The zero-order valence-electron chi connectivity index (χ0n) is 8.33. The van der Waals surface area contributed by atoms with E-state index in [0.29, 0.717) is 0 Å². The molecule has 1 aromatic carbocycles. The highest BCUT2D eigenvalue weighted by Gasteiger charge is 2.07. The van der Waals surface area contributed by atoms with Crippen LogP contribution < -0.4 is 10.5 Å². The number of ether oxygens (including phenoxy) is 1. The molecule has 0 atom stereocenters. The van der Waals surface area contributed by atoms with Crippen LogP contribution in [0.5, 0.6) is 5.75 Å². The maximum absolute atomic E-state index is 5.86. The summed E-state index contributed by atoms with van der Waals surface area (Å²) in [6, 6.07) is 4.19. The first kappa shape index (κ1) is 9.34. The van der Waals surface area contributed by atoms with Crippen LogP contribution >= 0.6 is 11.3 Å². The topological polar surface area (TPSA) is 35.2 Å². The Morgan fingerprint density at radius 3 is 2.86 bits per heavy atom. The third kappa shape index (κ3) is 1.34. The van der Waals surface area contributed by atoms with E-state index in [1.54, 1.807) is 18.4 Å². The largest absolute Gasteiger partial charge is 0.496 e. The first-order valence-electron chi connectivity index (χ1n) is 4.59. The predicted octanol–water partition coefficient (Wildman–Crippen LogP) is 3.05. The molecule has 2 aromatic rings. The number of hydrogen-bond donors (Lipinski definition) is 1. The van der Waals surface area contributed by atoms with Crippen LogP contribution in [-0.2, 0) is 6.42 Å². The van der Waals surface area contributed by atoms with E-state index in [1.807, 2.05) is 5.38 Å². The molecule has 3 heteroatoms.